The molecule has 0 fully saturated rings. The van der Waals surface area contributed by atoms with E-state index in [0.717, 1.165) is 33.8 Å². The zero-order valence-corrected chi connectivity index (χ0v) is 23.3. The van der Waals surface area contributed by atoms with Gasteiger partial charge in [-0.25, -0.2) is 18.6 Å². The summed E-state index contributed by atoms with van der Waals surface area (Å²) in [6.07, 6.45) is -1.03. The van der Waals surface area contributed by atoms with Crippen molar-refractivity contribution in [3.63, 3.8) is 0 Å². The molecule has 200 valence electrons. The lowest BCUT2D eigenvalue weighted by Gasteiger charge is -2.29. The van der Waals surface area contributed by atoms with Crippen molar-refractivity contribution < 1.29 is 23.0 Å². The zero-order valence-electron chi connectivity index (χ0n) is 22.6. The summed E-state index contributed by atoms with van der Waals surface area (Å²) in [6, 6.07) is 11.3. The van der Waals surface area contributed by atoms with Crippen molar-refractivity contribution in [2.24, 2.45) is 0 Å². The smallest absolute Gasteiger partial charge is 0.339 e. The van der Waals surface area contributed by atoms with Gasteiger partial charge in [-0.3, -0.25) is 0 Å². The minimum atomic E-state index is -1.03. The van der Waals surface area contributed by atoms with Crippen LogP contribution in [0.2, 0.25) is 5.02 Å². The topological polar surface area (TPSA) is 53.4 Å². The molecule has 0 aliphatic rings. The lowest BCUT2D eigenvalue weighted by Crippen LogP contribution is -2.29. The molecule has 38 heavy (non-hydrogen) atoms. The summed E-state index contributed by atoms with van der Waals surface area (Å²) in [6.45, 7) is 11.7. The van der Waals surface area contributed by atoms with E-state index in [-0.39, 0.29) is 6.54 Å². The van der Waals surface area contributed by atoms with Crippen molar-refractivity contribution in [2.45, 2.75) is 59.8 Å². The summed E-state index contributed by atoms with van der Waals surface area (Å²) >= 11 is 6.21. The molecule has 1 atom stereocenters. The van der Waals surface area contributed by atoms with Crippen molar-refractivity contribution in [1.29, 1.82) is 0 Å². The summed E-state index contributed by atoms with van der Waals surface area (Å²) in [7, 11) is 1.33. The Hall–Kier alpha value is -3.29. The number of hydrogen-bond donors (Lipinski definition) is 0. The van der Waals surface area contributed by atoms with Gasteiger partial charge in [-0.2, -0.15) is 0 Å². The molecule has 0 N–H and O–H groups in total. The maximum absolute atomic E-state index is 14.0. The molecule has 0 spiro atoms. The lowest BCUT2D eigenvalue weighted by molar-refractivity contribution is -0.164. The van der Waals surface area contributed by atoms with E-state index in [9.17, 15) is 13.6 Å². The molecule has 2 aromatic carbocycles. The number of methoxy groups -OCH3 is 1. The molecule has 4 rings (SSSR count). The minimum absolute atomic E-state index is 0.290. The van der Waals surface area contributed by atoms with Crippen molar-refractivity contribution in [2.75, 3.05) is 7.11 Å². The van der Waals surface area contributed by atoms with Crippen LogP contribution in [0.5, 0.6) is 0 Å². The van der Waals surface area contributed by atoms with E-state index >= 15 is 0 Å². The van der Waals surface area contributed by atoms with Crippen LogP contribution in [0.15, 0.2) is 42.5 Å². The van der Waals surface area contributed by atoms with Crippen LogP contribution in [-0.2, 0) is 20.8 Å². The molecule has 4 aromatic rings. The number of rotatable bonds is 6. The first kappa shape index (κ1) is 27.7. The van der Waals surface area contributed by atoms with Crippen LogP contribution in [0.1, 0.15) is 55.0 Å². The first-order chi connectivity index (χ1) is 17.8. The normalized spacial score (nSPS) is 12.7. The Labute approximate surface area is 226 Å². The van der Waals surface area contributed by atoms with Crippen LogP contribution >= 0.6 is 11.6 Å². The Kier molecular flexibility index (Phi) is 7.64. The molecule has 5 nitrogen and oxygen atoms in total. The number of hydrogen-bond acceptors (Lipinski definition) is 4. The molecule has 0 amide bonds. The predicted octanol–water partition coefficient (Wildman–Crippen LogP) is 7.64. The number of aryl methyl sites for hydroxylation is 2. The van der Waals surface area contributed by atoms with E-state index in [1.165, 1.54) is 13.2 Å². The van der Waals surface area contributed by atoms with Crippen molar-refractivity contribution in [3.05, 3.63) is 87.2 Å². The third-order valence-electron chi connectivity index (χ3n) is 6.59. The quantitative estimate of drug-likeness (QED) is 0.236. The molecule has 2 aromatic heterocycles. The van der Waals surface area contributed by atoms with Gasteiger partial charge in [0.2, 0.25) is 0 Å². The summed E-state index contributed by atoms with van der Waals surface area (Å²) in [5.74, 6) is -2.33. The van der Waals surface area contributed by atoms with Crippen molar-refractivity contribution >= 4 is 28.6 Å². The van der Waals surface area contributed by atoms with Crippen LogP contribution < -0.4 is 0 Å². The van der Waals surface area contributed by atoms with Crippen LogP contribution in [0.4, 0.5) is 8.78 Å². The Morgan fingerprint density at radius 1 is 1.05 bits per heavy atom. The van der Waals surface area contributed by atoms with Gasteiger partial charge in [0.15, 0.2) is 17.7 Å². The Morgan fingerprint density at radius 2 is 1.71 bits per heavy atom. The maximum Gasteiger partial charge on any atom is 0.339 e. The molecule has 0 aliphatic carbocycles. The fourth-order valence-corrected chi connectivity index (χ4v) is 4.86. The summed E-state index contributed by atoms with van der Waals surface area (Å²) < 4.78 is 41.0. The largest absolute Gasteiger partial charge is 0.467 e. The molecule has 0 saturated heterocycles. The summed E-state index contributed by atoms with van der Waals surface area (Å²) in [5.41, 5.74) is 5.28. The average Bonchev–Trinajstić information content (AvgIpc) is 3.08. The number of fused-ring (bicyclic) bond motifs is 1. The van der Waals surface area contributed by atoms with E-state index in [4.69, 9.17) is 26.1 Å². The SMILES string of the molecule is COC(=O)[C@@H](OC(C)(C)C)c1c(C)nc2c(c(C)c(C)n2Cc2ccc(F)c(F)c2)c1-c1ccc(Cl)cc1. The number of aromatic nitrogens is 2. The number of carbonyl (C=O) groups excluding carboxylic acids is 1. The highest BCUT2D eigenvalue weighted by atomic mass is 35.5. The Balaban J connectivity index is 2.06. The average molecular weight is 541 g/mol. The van der Waals surface area contributed by atoms with Gasteiger partial charge in [0.1, 0.15) is 5.65 Å². The number of halogens is 3. The zero-order chi connectivity index (χ0) is 27.9. The molecule has 0 aliphatic heterocycles. The maximum atomic E-state index is 14.0. The molecular formula is C30H31ClF2N2O3. The first-order valence-electron chi connectivity index (χ1n) is 12.3. The fourth-order valence-electron chi connectivity index (χ4n) is 4.73. The third kappa shape index (κ3) is 5.31. The standard InChI is InChI=1S/C30H31ClF2N2O3/c1-16-18(3)35(15-19-8-13-22(32)23(33)14-19)28-24(16)26(20-9-11-21(31)12-10-20)25(17(2)34-28)27(29(36)37-7)38-30(4,5)6/h8-14,27H,15H2,1-7H3/t27-/m0/s1. The molecule has 0 radical (unpaired) electrons. The highest BCUT2D eigenvalue weighted by Crippen LogP contribution is 2.42. The van der Waals surface area contributed by atoms with Crippen LogP contribution in [0.25, 0.3) is 22.2 Å². The van der Waals surface area contributed by atoms with Gasteiger partial charge in [-0.05, 0) is 82.5 Å². The molecule has 0 bridgehead atoms. The second-order valence-electron chi connectivity index (χ2n) is 10.4. The van der Waals surface area contributed by atoms with Gasteiger partial charge in [0.25, 0.3) is 0 Å². The van der Waals surface area contributed by atoms with Gasteiger partial charge < -0.3 is 14.0 Å². The third-order valence-corrected chi connectivity index (χ3v) is 6.84. The molecule has 8 heteroatoms. The van der Waals surface area contributed by atoms with Gasteiger partial charge in [-0.1, -0.05) is 29.8 Å². The molecule has 0 unspecified atom stereocenters. The van der Waals surface area contributed by atoms with Gasteiger partial charge in [0, 0.05) is 39.5 Å². The van der Waals surface area contributed by atoms with Crippen molar-refractivity contribution in [1.82, 2.24) is 9.55 Å². The van der Waals surface area contributed by atoms with Gasteiger partial charge in [-0.15, -0.1) is 0 Å². The second-order valence-corrected chi connectivity index (χ2v) is 10.8. The van der Waals surface area contributed by atoms with E-state index in [2.05, 4.69) is 0 Å². The number of nitrogens with zero attached hydrogens (tertiary/aromatic N) is 2. The van der Waals surface area contributed by atoms with E-state index < -0.39 is 29.3 Å². The molecule has 0 saturated carbocycles. The summed E-state index contributed by atoms with van der Waals surface area (Å²) in [4.78, 5) is 18.1. The number of ether oxygens (including phenoxy) is 2. The van der Waals surface area contributed by atoms with Crippen molar-refractivity contribution in [3.8, 4) is 11.1 Å². The highest BCUT2D eigenvalue weighted by molar-refractivity contribution is 6.30. The molecule has 2 heterocycles. The van der Waals surface area contributed by atoms with Gasteiger partial charge >= 0.3 is 5.97 Å². The van der Waals surface area contributed by atoms with Crippen LogP contribution in [0.3, 0.4) is 0 Å². The van der Waals surface area contributed by atoms with Crippen LogP contribution in [-0.4, -0.2) is 28.2 Å². The van der Waals surface area contributed by atoms with E-state index in [0.29, 0.717) is 27.5 Å². The number of carbonyl (C=O) groups is 1. The highest BCUT2D eigenvalue weighted by Gasteiger charge is 2.34. The van der Waals surface area contributed by atoms with E-state index in [1.54, 1.807) is 18.2 Å². The lowest BCUT2D eigenvalue weighted by atomic mass is 9.91. The summed E-state index contributed by atoms with van der Waals surface area (Å²) in [5, 5.41) is 1.41. The Morgan fingerprint density at radius 3 is 2.29 bits per heavy atom. The van der Waals surface area contributed by atoms with Gasteiger partial charge in [0.05, 0.1) is 12.7 Å². The fraction of sp³-hybridized carbons (Fsp3) is 0.333. The number of benzene rings is 2. The molecular weight excluding hydrogens is 510 g/mol. The first-order valence-corrected chi connectivity index (χ1v) is 12.7. The predicted molar refractivity (Wildman–Crippen MR) is 145 cm³/mol. The van der Waals surface area contributed by atoms with E-state index in [1.807, 2.05) is 58.2 Å². The number of pyridine rings is 1. The monoisotopic (exact) mass is 540 g/mol. The number of esters is 1. The minimum Gasteiger partial charge on any atom is -0.467 e. The Bertz CT molecular complexity index is 1520. The van der Waals surface area contributed by atoms with Crippen LogP contribution in [0, 0.1) is 32.4 Å². The second kappa shape index (κ2) is 10.5.